The smallest absolute Gasteiger partial charge is 0.136 e. The fourth-order valence-corrected chi connectivity index (χ4v) is 3.30. The Bertz CT molecular complexity index is 534. The normalized spacial score (nSPS) is 10.5. The van der Waals surface area contributed by atoms with Crippen LogP contribution in [0.2, 0.25) is 5.15 Å². The van der Waals surface area contributed by atoms with E-state index >= 15 is 0 Å². The van der Waals surface area contributed by atoms with Gasteiger partial charge in [-0.1, -0.05) is 52.3 Å². The molecule has 1 aromatic carbocycles. The predicted molar refractivity (Wildman–Crippen MR) is 74.7 cm³/mol. The van der Waals surface area contributed by atoms with E-state index in [0.29, 0.717) is 5.15 Å². The van der Waals surface area contributed by atoms with Crippen molar-refractivity contribution in [1.82, 2.24) is 9.97 Å². The lowest BCUT2D eigenvalue weighted by Crippen LogP contribution is -1.93. The van der Waals surface area contributed by atoms with Crippen LogP contribution in [0.5, 0.6) is 0 Å². The molecule has 0 radical (unpaired) electrons. The molecule has 2 nitrogen and oxygen atoms in total. The van der Waals surface area contributed by atoms with Crippen molar-refractivity contribution in [3.8, 4) is 0 Å². The van der Waals surface area contributed by atoms with Crippen molar-refractivity contribution < 1.29 is 0 Å². The zero-order valence-electron chi connectivity index (χ0n) is 9.15. The van der Waals surface area contributed by atoms with Crippen LogP contribution in [0, 0.1) is 0 Å². The Morgan fingerprint density at radius 1 is 1.35 bits per heavy atom. The zero-order valence-corrected chi connectivity index (χ0v) is 12.3. The second-order valence-electron chi connectivity index (χ2n) is 3.36. The summed E-state index contributed by atoms with van der Waals surface area (Å²) < 4.78 is 1.06. The SMILES string of the molecule is CCc1c(Cl)ncnc1Sc1cccc(Br)c1. The number of nitrogens with zero attached hydrogens (tertiary/aromatic N) is 2. The molecule has 0 aliphatic rings. The molecule has 0 fully saturated rings. The van der Waals surface area contributed by atoms with Gasteiger partial charge in [0, 0.05) is 14.9 Å². The van der Waals surface area contributed by atoms with E-state index in [-0.39, 0.29) is 0 Å². The number of hydrogen-bond donors (Lipinski definition) is 0. The van der Waals surface area contributed by atoms with Crippen LogP contribution in [0.3, 0.4) is 0 Å². The van der Waals surface area contributed by atoms with Gasteiger partial charge in [-0.05, 0) is 24.6 Å². The molecule has 2 aromatic rings. The van der Waals surface area contributed by atoms with E-state index in [1.54, 1.807) is 11.8 Å². The highest BCUT2D eigenvalue weighted by Crippen LogP contribution is 2.32. The molecule has 0 bridgehead atoms. The fraction of sp³-hybridized carbons (Fsp3) is 0.167. The monoisotopic (exact) mass is 328 g/mol. The van der Waals surface area contributed by atoms with Crippen molar-refractivity contribution in [2.24, 2.45) is 0 Å². The van der Waals surface area contributed by atoms with Crippen molar-refractivity contribution in [2.75, 3.05) is 0 Å². The van der Waals surface area contributed by atoms with E-state index in [2.05, 4.69) is 38.9 Å². The molecule has 0 unspecified atom stereocenters. The maximum atomic E-state index is 6.05. The van der Waals surface area contributed by atoms with Crippen molar-refractivity contribution in [1.29, 1.82) is 0 Å². The fourth-order valence-electron chi connectivity index (χ4n) is 1.40. The van der Waals surface area contributed by atoms with E-state index in [4.69, 9.17) is 11.6 Å². The van der Waals surface area contributed by atoms with Gasteiger partial charge in [-0.15, -0.1) is 0 Å². The molecule has 0 spiro atoms. The average Bonchev–Trinajstić information content (AvgIpc) is 2.29. The lowest BCUT2D eigenvalue weighted by molar-refractivity contribution is 0.944. The van der Waals surface area contributed by atoms with Crippen LogP contribution >= 0.6 is 39.3 Å². The first-order valence-corrected chi connectivity index (χ1v) is 7.12. The highest BCUT2D eigenvalue weighted by Gasteiger charge is 2.09. The highest BCUT2D eigenvalue weighted by molar-refractivity contribution is 9.10. The Labute approximate surface area is 118 Å². The topological polar surface area (TPSA) is 25.8 Å². The molecule has 1 aromatic heterocycles. The first kappa shape index (κ1) is 12.9. The van der Waals surface area contributed by atoms with Crippen LogP contribution in [0.4, 0.5) is 0 Å². The minimum Gasteiger partial charge on any atom is -0.229 e. The highest BCUT2D eigenvalue weighted by atomic mass is 79.9. The molecule has 0 saturated heterocycles. The molecule has 0 N–H and O–H groups in total. The molecule has 0 aliphatic carbocycles. The summed E-state index contributed by atoms with van der Waals surface area (Å²) in [6.07, 6.45) is 2.33. The van der Waals surface area contributed by atoms with E-state index in [1.165, 1.54) is 6.33 Å². The Morgan fingerprint density at radius 2 is 2.18 bits per heavy atom. The van der Waals surface area contributed by atoms with Crippen LogP contribution in [-0.4, -0.2) is 9.97 Å². The van der Waals surface area contributed by atoms with E-state index in [1.807, 2.05) is 18.2 Å². The number of halogens is 2. The molecule has 17 heavy (non-hydrogen) atoms. The number of benzene rings is 1. The minimum absolute atomic E-state index is 0.542. The van der Waals surface area contributed by atoms with Crippen LogP contribution in [0.1, 0.15) is 12.5 Å². The van der Waals surface area contributed by atoms with Gasteiger partial charge < -0.3 is 0 Å². The summed E-state index contributed by atoms with van der Waals surface area (Å²) in [5.74, 6) is 0. The molecular weight excluding hydrogens is 320 g/mol. The van der Waals surface area contributed by atoms with Crippen LogP contribution in [-0.2, 0) is 6.42 Å². The largest absolute Gasteiger partial charge is 0.229 e. The zero-order chi connectivity index (χ0) is 12.3. The van der Waals surface area contributed by atoms with Gasteiger partial charge >= 0.3 is 0 Å². The van der Waals surface area contributed by atoms with Crippen molar-refractivity contribution in [2.45, 2.75) is 23.3 Å². The molecular formula is C12H10BrClN2S. The van der Waals surface area contributed by atoms with Gasteiger partial charge in [0.15, 0.2) is 0 Å². The summed E-state index contributed by atoms with van der Waals surface area (Å²) in [5, 5.41) is 1.46. The van der Waals surface area contributed by atoms with Gasteiger partial charge in [-0.2, -0.15) is 0 Å². The second-order valence-corrected chi connectivity index (χ2v) is 5.70. The number of rotatable bonds is 3. The summed E-state index contributed by atoms with van der Waals surface area (Å²) in [6.45, 7) is 2.05. The summed E-state index contributed by atoms with van der Waals surface area (Å²) in [4.78, 5) is 9.42. The third-order valence-corrected chi connectivity index (χ3v) is 4.07. The molecule has 1 heterocycles. The molecule has 2 rings (SSSR count). The molecule has 0 amide bonds. The van der Waals surface area contributed by atoms with Gasteiger partial charge in [0.05, 0.1) is 0 Å². The van der Waals surface area contributed by atoms with Gasteiger partial charge in [-0.25, -0.2) is 9.97 Å². The minimum atomic E-state index is 0.542. The summed E-state index contributed by atoms with van der Waals surface area (Å²) >= 11 is 11.1. The molecule has 0 saturated carbocycles. The Hall–Kier alpha value is -0.580. The van der Waals surface area contributed by atoms with Crippen LogP contribution in [0.15, 0.2) is 45.0 Å². The lowest BCUT2D eigenvalue weighted by atomic mass is 10.3. The maximum absolute atomic E-state index is 6.05. The summed E-state index contributed by atoms with van der Waals surface area (Å²) in [6, 6.07) is 8.10. The molecule has 0 aliphatic heterocycles. The van der Waals surface area contributed by atoms with E-state index in [0.717, 1.165) is 26.4 Å². The second kappa shape index (κ2) is 5.85. The first-order valence-electron chi connectivity index (χ1n) is 5.13. The molecule has 0 atom stereocenters. The predicted octanol–water partition coefficient (Wildman–Crippen LogP) is 4.61. The number of aromatic nitrogens is 2. The van der Waals surface area contributed by atoms with Crippen LogP contribution in [0.25, 0.3) is 0 Å². The van der Waals surface area contributed by atoms with E-state index in [9.17, 15) is 0 Å². The number of hydrogen-bond acceptors (Lipinski definition) is 3. The van der Waals surface area contributed by atoms with Crippen LogP contribution < -0.4 is 0 Å². The molecule has 5 heteroatoms. The van der Waals surface area contributed by atoms with Gasteiger partial charge in [0.25, 0.3) is 0 Å². The first-order chi connectivity index (χ1) is 8.20. The standard InChI is InChI=1S/C12H10BrClN2S/c1-2-10-11(14)15-7-16-12(10)17-9-5-3-4-8(13)6-9/h3-7H,2H2,1H3. The maximum Gasteiger partial charge on any atom is 0.136 e. The van der Waals surface area contributed by atoms with Crippen molar-refractivity contribution in [3.63, 3.8) is 0 Å². The molecule has 88 valence electrons. The quantitative estimate of drug-likeness (QED) is 0.769. The summed E-state index contributed by atoms with van der Waals surface area (Å²) in [7, 11) is 0. The van der Waals surface area contributed by atoms with Crippen molar-refractivity contribution >= 4 is 39.3 Å². The van der Waals surface area contributed by atoms with Gasteiger partial charge in [0.1, 0.15) is 16.5 Å². The van der Waals surface area contributed by atoms with E-state index < -0.39 is 0 Å². The summed E-state index contributed by atoms with van der Waals surface area (Å²) in [5.41, 5.74) is 0.999. The van der Waals surface area contributed by atoms with Gasteiger partial charge in [-0.3, -0.25) is 0 Å². The Kier molecular flexibility index (Phi) is 4.42. The average molecular weight is 330 g/mol. The Balaban J connectivity index is 2.33. The van der Waals surface area contributed by atoms with Gasteiger partial charge in [0.2, 0.25) is 0 Å². The lowest BCUT2D eigenvalue weighted by Gasteiger charge is -2.07. The third kappa shape index (κ3) is 3.21. The Morgan fingerprint density at radius 3 is 2.88 bits per heavy atom. The third-order valence-electron chi connectivity index (χ3n) is 2.22. The van der Waals surface area contributed by atoms with Crippen molar-refractivity contribution in [3.05, 3.63) is 45.8 Å².